The number of rotatable bonds is 8. The Morgan fingerprint density at radius 2 is 1.60 bits per heavy atom. The molecule has 0 radical (unpaired) electrons. The number of esters is 1. The van der Waals surface area contributed by atoms with Gasteiger partial charge in [0.15, 0.2) is 8.32 Å². The number of ether oxygens (including phenoxy) is 1. The fourth-order valence-corrected chi connectivity index (χ4v) is 11.3. The third-order valence-electron chi connectivity index (χ3n) is 11.8. The van der Waals surface area contributed by atoms with Gasteiger partial charge in [-0.3, -0.25) is 4.79 Å². The molecule has 3 nitrogen and oxygen atoms in total. The highest BCUT2D eigenvalue weighted by Crippen LogP contribution is 2.68. The molecular weight excluding hydrogens is 448 g/mol. The van der Waals surface area contributed by atoms with Crippen LogP contribution >= 0.6 is 0 Å². The predicted octanol–water partition coefficient (Wildman–Crippen LogP) is 8.48. The first-order valence-electron chi connectivity index (χ1n) is 15.1. The zero-order valence-corrected chi connectivity index (χ0v) is 25.3. The van der Waals surface area contributed by atoms with Gasteiger partial charge in [0.05, 0.1) is 13.0 Å². The molecule has 10 atom stereocenters. The van der Waals surface area contributed by atoms with E-state index in [0.717, 1.165) is 48.3 Å². The number of hydrogen-bond acceptors (Lipinski definition) is 3. The Balaban J connectivity index is 1.38. The van der Waals surface area contributed by atoms with Crippen LogP contribution in [-0.4, -0.2) is 27.5 Å². The highest BCUT2D eigenvalue weighted by molar-refractivity contribution is 6.69. The van der Waals surface area contributed by atoms with Crippen molar-refractivity contribution in [3.8, 4) is 0 Å². The van der Waals surface area contributed by atoms with Crippen molar-refractivity contribution >= 4 is 14.3 Å². The minimum Gasteiger partial charge on any atom is -0.469 e. The summed E-state index contributed by atoms with van der Waals surface area (Å²) < 4.78 is 11.5. The average molecular weight is 505 g/mol. The molecule has 4 aliphatic carbocycles. The topological polar surface area (TPSA) is 35.5 Å². The van der Waals surface area contributed by atoms with Crippen molar-refractivity contribution < 1.29 is 14.0 Å². The van der Waals surface area contributed by atoms with Crippen LogP contribution in [0.1, 0.15) is 105 Å². The van der Waals surface area contributed by atoms with Gasteiger partial charge in [-0.25, -0.2) is 0 Å². The molecule has 0 aromatic heterocycles. The van der Waals surface area contributed by atoms with Gasteiger partial charge < -0.3 is 9.16 Å². The lowest BCUT2D eigenvalue weighted by Crippen LogP contribution is -2.54. The van der Waals surface area contributed by atoms with Crippen molar-refractivity contribution in [1.29, 1.82) is 0 Å². The molecule has 0 saturated heterocycles. The standard InChI is InChI=1S/C31H56O3Si/c1-21(10-9-11-22(2)29(32)33-5)26-14-15-27-25-13-12-23-20-24(34-35(6,7)8)16-18-30(23,3)28(25)17-19-31(26,27)4/h21-28H,9-20H2,1-8H3/t21-,22+,23-,24-,25+,26-,27+,28+,30+,31-/m1/s1. The van der Waals surface area contributed by atoms with Gasteiger partial charge in [-0.15, -0.1) is 0 Å². The quantitative estimate of drug-likeness (QED) is 0.245. The normalized spacial score (nSPS) is 43.0. The zero-order chi connectivity index (χ0) is 25.6. The van der Waals surface area contributed by atoms with E-state index < -0.39 is 8.32 Å². The van der Waals surface area contributed by atoms with Crippen molar-refractivity contribution in [3.63, 3.8) is 0 Å². The molecule has 0 amide bonds. The summed E-state index contributed by atoms with van der Waals surface area (Å²) in [5.74, 6) is 5.36. The summed E-state index contributed by atoms with van der Waals surface area (Å²) in [6.07, 6.45) is 16.7. The highest BCUT2D eigenvalue weighted by Gasteiger charge is 2.60. The fourth-order valence-electron chi connectivity index (χ4n) is 10.1. The fraction of sp³-hybridized carbons (Fsp3) is 0.968. The second kappa shape index (κ2) is 10.4. The Labute approximate surface area is 218 Å². The summed E-state index contributed by atoms with van der Waals surface area (Å²) in [5, 5.41) is 0. The first-order chi connectivity index (χ1) is 16.4. The monoisotopic (exact) mass is 504 g/mol. The van der Waals surface area contributed by atoms with Crippen LogP contribution in [0.25, 0.3) is 0 Å². The molecule has 4 rings (SSSR count). The Hall–Kier alpha value is -0.353. The minimum atomic E-state index is -1.45. The van der Waals surface area contributed by atoms with Crippen molar-refractivity contribution in [2.75, 3.05) is 7.11 Å². The predicted molar refractivity (Wildman–Crippen MR) is 148 cm³/mol. The van der Waals surface area contributed by atoms with E-state index in [2.05, 4.69) is 40.4 Å². The summed E-state index contributed by atoms with van der Waals surface area (Å²) in [6, 6.07) is 0. The van der Waals surface area contributed by atoms with Crippen LogP contribution in [0.15, 0.2) is 0 Å². The van der Waals surface area contributed by atoms with E-state index in [-0.39, 0.29) is 11.9 Å². The molecule has 35 heavy (non-hydrogen) atoms. The van der Waals surface area contributed by atoms with E-state index in [1.165, 1.54) is 71.3 Å². The van der Waals surface area contributed by atoms with Gasteiger partial charge in [-0.05, 0) is 130 Å². The van der Waals surface area contributed by atoms with Crippen LogP contribution < -0.4 is 0 Å². The van der Waals surface area contributed by atoms with Crippen LogP contribution in [-0.2, 0) is 14.0 Å². The largest absolute Gasteiger partial charge is 0.469 e. The van der Waals surface area contributed by atoms with Gasteiger partial charge in [0.25, 0.3) is 0 Å². The number of carbonyl (C=O) groups is 1. The van der Waals surface area contributed by atoms with Crippen molar-refractivity contribution in [3.05, 3.63) is 0 Å². The Bertz CT molecular complexity index is 746. The van der Waals surface area contributed by atoms with Crippen molar-refractivity contribution in [2.24, 2.45) is 52.3 Å². The second-order valence-electron chi connectivity index (χ2n) is 14.8. The smallest absolute Gasteiger partial charge is 0.308 e. The first-order valence-corrected chi connectivity index (χ1v) is 18.6. The summed E-state index contributed by atoms with van der Waals surface area (Å²) in [7, 11) is 0.0590. The molecule has 4 aliphatic rings. The van der Waals surface area contributed by atoms with Crippen molar-refractivity contribution in [2.45, 2.75) is 130 Å². The van der Waals surface area contributed by atoms with E-state index in [1.807, 2.05) is 6.92 Å². The van der Waals surface area contributed by atoms with Gasteiger partial charge in [0, 0.05) is 6.10 Å². The van der Waals surface area contributed by atoms with E-state index in [1.54, 1.807) is 0 Å². The maximum atomic E-state index is 11.8. The molecule has 0 aliphatic heterocycles. The summed E-state index contributed by atoms with van der Waals surface area (Å²) in [4.78, 5) is 11.8. The van der Waals surface area contributed by atoms with Crippen LogP contribution in [0.3, 0.4) is 0 Å². The molecule has 0 heterocycles. The van der Waals surface area contributed by atoms with E-state index in [4.69, 9.17) is 9.16 Å². The number of fused-ring (bicyclic) bond motifs is 5. The highest BCUT2D eigenvalue weighted by atomic mass is 28.4. The van der Waals surface area contributed by atoms with Gasteiger partial charge >= 0.3 is 5.97 Å². The molecular formula is C31H56O3Si. The van der Waals surface area contributed by atoms with Crippen LogP contribution in [0.4, 0.5) is 0 Å². The van der Waals surface area contributed by atoms with Gasteiger partial charge in [-0.2, -0.15) is 0 Å². The van der Waals surface area contributed by atoms with Crippen LogP contribution in [0.2, 0.25) is 19.6 Å². The van der Waals surface area contributed by atoms with E-state index in [9.17, 15) is 4.79 Å². The Morgan fingerprint density at radius 1 is 0.914 bits per heavy atom. The lowest BCUT2D eigenvalue weighted by atomic mass is 9.44. The number of methoxy groups -OCH3 is 1. The average Bonchev–Trinajstić information content (AvgIpc) is 3.15. The zero-order valence-electron chi connectivity index (χ0n) is 24.3. The molecule has 0 bridgehead atoms. The number of carbonyl (C=O) groups excluding carboxylic acids is 1. The molecule has 0 unspecified atom stereocenters. The van der Waals surface area contributed by atoms with E-state index in [0.29, 0.717) is 16.9 Å². The molecule has 0 spiro atoms. The summed E-state index contributed by atoms with van der Waals surface area (Å²) >= 11 is 0. The molecule has 202 valence electrons. The molecule has 0 aromatic rings. The summed E-state index contributed by atoms with van der Waals surface area (Å²) in [5.41, 5.74) is 1.09. The van der Waals surface area contributed by atoms with Gasteiger partial charge in [0.2, 0.25) is 0 Å². The Kier molecular flexibility index (Phi) is 8.24. The summed E-state index contributed by atoms with van der Waals surface area (Å²) in [6.45, 7) is 17.0. The maximum Gasteiger partial charge on any atom is 0.308 e. The van der Waals surface area contributed by atoms with Crippen LogP contribution in [0, 0.1) is 52.3 Å². The third kappa shape index (κ3) is 5.45. The van der Waals surface area contributed by atoms with Crippen molar-refractivity contribution in [1.82, 2.24) is 0 Å². The molecule has 0 aromatic carbocycles. The maximum absolute atomic E-state index is 11.8. The van der Waals surface area contributed by atoms with Gasteiger partial charge in [-0.1, -0.05) is 40.5 Å². The SMILES string of the molecule is COC(=O)[C@@H](C)CCC[C@@H](C)[C@H]1CC[C@H]2[C@@H]3CC[C@@H]4C[C@H](O[Si](C)(C)C)CC[C@]4(C)[C@H]3CC[C@]12C. The minimum absolute atomic E-state index is 0.0386. The third-order valence-corrected chi connectivity index (χ3v) is 12.8. The molecule has 4 fully saturated rings. The van der Waals surface area contributed by atoms with E-state index >= 15 is 0 Å². The molecule has 4 saturated carbocycles. The van der Waals surface area contributed by atoms with Gasteiger partial charge in [0.1, 0.15) is 0 Å². The Morgan fingerprint density at radius 3 is 2.29 bits per heavy atom. The molecule has 4 heteroatoms. The lowest BCUT2D eigenvalue weighted by Gasteiger charge is -2.61. The first kappa shape index (κ1) is 27.7. The lowest BCUT2D eigenvalue weighted by molar-refractivity contribution is -0.145. The molecule has 0 N–H and O–H groups in total. The van der Waals surface area contributed by atoms with Crippen LogP contribution in [0.5, 0.6) is 0 Å². The number of hydrogen-bond donors (Lipinski definition) is 0. The second-order valence-corrected chi connectivity index (χ2v) is 19.3.